The van der Waals surface area contributed by atoms with Crippen molar-refractivity contribution in [2.24, 2.45) is 0 Å². The molecule has 0 aliphatic carbocycles. The first kappa shape index (κ1) is 11.0. The Labute approximate surface area is 87.3 Å². The highest BCUT2D eigenvalue weighted by atomic mass is 35.5. The minimum atomic E-state index is -0.992. The number of hydrogen-bond donors (Lipinski definition) is 1. The highest BCUT2D eigenvalue weighted by Gasteiger charge is 2.19. The number of rotatable bonds is 4. The number of carbonyl (C=O) groups is 1. The molecule has 0 spiro atoms. The van der Waals surface area contributed by atoms with Gasteiger partial charge in [-0.3, -0.25) is 0 Å². The molecule has 1 aromatic rings. The predicted octanol–water partition coefficient (Wildman–Crippen LogP) is 2.50. The van der Waals surface area contributed by atoms with Crippen molar-refractivity contribution in [3.63, 3.8) is 0 Å². The van der Waals surface area contributed by atoms with E-state index < -0.39 is 12.1 Å². The summed E-state index contributed by atoms with van der Waals surface area (Å²) in [6, 6.07) is 6.59. The Morgan fingerprint density at radius 1 is 1.50 bits per heavy atom. The molecule has 0 saturated heterocycles. The molecule has 0 radical (unpaired) electrons. The van der Waals surface area contributed by atoms with Gasteiger partial charge in [-0.25, -0.2) is 4.79 Å². The van der Waals surface area contributed by atoms with Crippen LogP contribution < -0.4 is 0 Å². The third-order valence-electron chi connectivity index (χ3n) is 1.73. The van der Waals surface area contributed by atoms with Crippen molar-refractivity contribution in [2.75, 3.05) is 6.61 Å². The van der Waals surface area contributed by atoms with E-state index >= 15 is 0 Å². The van der Waals surface area contributed by atoms with Gasteiger partial charge in [0, 0.05) is 11.6 Å². The Morgan fingerprint density at radius 3 is 2.50 bits per heavy atom. The van der Waals surface area contributed by atoms with Crippen LogP contribution in [0.3, 0.4) is 0 Å². The third kappa shape index (κ3) is 2.72. The summed E-state index contributed by atoms with van der Waals surface area (Å²) < 4.78 is 5.09. The molecule has 1 atom stereocenters. The molecule has 1 aromatic carbocycles. The predicted molar refractivity (Wildman–Crippen MR) is 53.5 cm³/mol. The lowest BCUT2D eigenvalue weighted by Crippen LogP contribution is -2.15. The van der Waals surface area contributed by atoms with Crippen LogP contribution in [0.15, 0.2) is 24.3 Å². The Balaban J connectivity index is 2.87. The Morgan fingerprint density at radius 2 is 2.07 bits per heavy atom. The van der Waals surface area contributed by atoms with Crippen LogP contribution >= 0.6 is 11.6 Å². The van der Waals surface area contributed by atoms with E-state index in [1.165, 1.54) is 0 Å². The van der Waals surface area contributed by atoms with Crippen molar-refractivity contribution in [1.29, 1.82) is 0 Å². The largest absolute Gasteiger partial charge is 0.479 e. The van der Waals surface area contributed by atoms with E-state index in [0.29, 0.717) is 17.2 Å². The summed E-state index contributed by atoms with van der Waals surface area (Å²) in [7, 11) is 0. The summed E-state index contributed by atoms with van der Waals surface area (Å²) in [4.78, 5) is 10.8. The molecule has 0 fully saturated rings. The second-order valence-electron chi connectivity index (χ2n) is 2.73. The summed E-state index contributed by atoms with van der Waals surface area (Å²) in [5.41, 5.74) is 0.601. The van der Waals surface area contributed by atoms with E-state index in [-0.39, 0.29) is 0 Å². The molecular formula is C10H11ClO3. The van der Waals surface area contributed by atoms with Crippen molar-refractivity contribution in [2.45, 2.75) is 13.0 Å². The van der Waals surface area contributed by atoms with Crippen LogP contribution in [0.25, 0.3) is 0 Å². The fourth-order valence-electron chi connectivity index (χ4n) is 1.11. The van der Waals surface area contributed by atoms with Crippen LogP contribution in [0.1, 0.15) is 18.6 Å². The van der Waals surface area contributed by atoms with E-state index in [0.717, 1.165) is 0 Å². The minimum Gasteiger partial charge on any atom is -0.479 e. The second kappa shape index (κ2) is 4.98. The van der Waals surface area contributed by atoms with E-state index in [1.54, 1.807) is 31.2 Å². The van der Waals surface area contributed by atoms with Crippen LogP contribution in [0.5, 0.6) is 0 Å². The third-order valence-corrected chi connectivity index (χ3v) is 1.98. The highest BCUT2D eigenvalue weighted by Crippen LogP contribution is 2.19. The molecule has 3 nitrogen and oxygen atoms in total. The fraction of sp³-hybridized carbons (Fsp3) is 0.300. The number of halogens is 1. The topological polar surface area (TPSA) is 46.5 Å². The van der Waals surface area contributed by atoms with Gasteiger partial charge in [0.15, 0.2) is 6.10 Å². The van der Waals surface area contributed by atoms with Crippen molar-refractivity contribution in [1.82, 2.24) is 0 Å². The van der Waals surface area contributed by atoms with Crippen molar-refractivity contribution < 1.29 is 14.6 Å². The minimum absolute atomic E-state index is 0.361. The first-order valence-corrected chi connectivity index (χ1v) is 4.62. The Bertz CT molecular complexity index is 308. The zero-order chi connectivity index (χ0) is 10.6. The van der Waals surface area contributed by atoms with Gasteiger partial charge in [-0.2, -0.15) is 0 Å². The Hall–Kier alpha value is -1.06. The lowest BCUT2D eigenvalue weighted by atomic mass is 10.1. The summed E-state index contributed by atoms with van der Waals surface area (Å²) >= 11 is 5.68. The van der Waals surface area contributed by atoms with E-state index in [9.17, 15) is 4.79 Å². The SMILES string of the molecule is CCO[C@H](C(=O)O)c1ccc(Cl)cc1. The second-order valence-corrected chi connectivity index (χ2v) is 3.16. The lowest BCUT2D eigenvalue weighted by molar-refractivity contribution is -0.150. The molecule has 0 aliphatic rings. The first-order valence-electron chi connectivity index (χ1n) is 4.25. The molecule has 1 rings (SSSR count). The molecule has 0 heterocycles. The Kier molecular flexibility index (Phi) is 3.92. The number of aliphatic carboxylic acids is 1. The van der Waals surface area contributed by atoms with Crippen LogP contribution in [0, 0.1) is 0 Å². The molecule has 0 amide bonds. The van der Waals surface area contributed by atoms with Gasteiger partial charge in [0.25, 0.3) is 0 Å². The molecule has 0 bridgehead atoms. The monoisotopic (exact) mass is 214 g/mol. The average Bonchev–Trinajstić information content (AvgIpc) is 2.15. The van der Waals surface area contributed by atoms with Gasteiger partial charge in [0.2, 0.25) is 0 Å². The maximum absolute atomic E-state index is 10.8. The summed E-state index contributed by atoms with van der Waals surface area (Å²) in [6.07, 6.45) is -0.905. The maximum atomic E-state index is 10.8. The number of carboxylic acids is 1. The molecule has 0 aromatic heterocycles. The van der Waals surface area contributed by atoms with Crippen LogP contribution in [-0.4, -0.2) is 17.7 Å². The van der Waals surface area contributed by atoms with Gasteiger partial charge < -0.3 is 9.84 Å². The quantitative estimate of drug-likeness (QED) is 0.838. The first-order chi connectivity index (χ1) is 6.65. The highest BCUT2D eigenvalue weighted by molar-refractivity contribution is 6.30. The van der Waals surface area contributed by atoms with Gasteiger partial charge in [0.05, 0.1) is 0 Å². The number of benzene rings is 1. The van der Waals surface area contributed by atoms with Crippen LogP contribution in [0.2, 0.25) is 5.02 Å². The smallest absolute Gasteiger partial charge is 0.337 e. The molecule has 0 aliphatic heterocycles. The van der Waals surface area contributed by atoms with E-state index in [4.69, 9.17) is 21.4 Å². The molecule has 0 saturated carbocycles. The van der Waals surface area contributed by atoms with Gasteiger partial charge >= 0.3 is 5.97 Å². The fourth-order valence-corrected chi connectivity index (χ4v) is 1.24. The molecule has 0 unspecified atom stereocenters. The molecule has 4 heteroatoms. The van der Waals surface area contributed by atoms with Crippen molar-refractivity contribution >= 4 is 17.6 Å². The van der Waals surface area contributed by atoms with Crippen molar-refractivity contribution in [3.05, 3.63) is 34.9 Å². The maximum Gasteiger partial charge on any atom is 0.337 e. The van der Waals surface area contributed by atoms with Crippen LogP contribution in [0.4, 0.5) is 0 Å². The van der Waals surface area contributed by atoms with Gasteiger partial charge in [-0.05, 0) is 24.6 Å². The van der Waals surface area contributed by atoms with Crippen LogP contribution in [-0.2, 0) is 9.53 Å². The molecule has 1 N–H and O–H groups in total. The summed E-state index contributed by atoms with van der Waals surface area (Å²) in [5.74, 6) is -0.992. The van der Waals surface area contributed by atoms with Crippen molar-refractivity contribution in [3.8, 4) is 0 Å². The summed E-state index contributed by atoms with van der Waals surface area (Å²) in [6.45, 7) is 2.12. The van der Waals surface area contributed by atoms with E-state index in [1.807, 2.05) is 0 Å². The van der Waals surface area contributed by atoms with Gasteiger partial charge in [-0.1, -0.05) is 23.7 Å². The number of carboxylic acid groups (broad SMARTS) is 1. The normalized spacial score (nSPS) is 12.4. The average molecular weight is 215 g/mol. The summed E-state index contributed by atoms with van der Waals surface area (Å²) in [5, 5.41) is 9.45. The van der Waals surface area contributed by atoms with E-state index in [2.05, 4.69) is 0 Å². The lowest BCUT2D eigenvalue weighted by Gasteiger charge is -2.12. The molecular weight excluding hydrogens is 204 g/mol. The molecule has 14 heavy (non-hydrogen) atoms. The standard InChI is InChI=1S/C10H11ClO3/c1-2-14-9(10(12)13)7-3-5-8(11)6-4-7/h3-6,9H,2H2,1H3,(H,12,13)/t9-/m0/s1. The number of hydrogen-bond acceptors (Lipinski definition) is 2. The molecule has 76 valence electrons. The van der Waals surface area contributed by atoms with Gasteiger partial charge in [0.1, 0.15) is 0 Å². The zero-order valence-electron chi connectivity index (χ0n) is 7.74. The van der Waals surface area contributed by atoms with Gasteiger partial charge in [-0.15, -0.1) is 0 Å². The zero-order valence-corrected chi connectivity index (χ0v) is 8.49. The number of ether oxygens (including phenoxy) is 1.